The van der Waals surface area contributed by atoms with Gasteiger partial charge in [-0.3, -0.25) is 0 Å². The summed E-state index contributed by atoms with van der Waals surface area (Å²) in [4.78, 5) is 5.92. The van der Waals surface area contributed by atoms with Crippen LogP contribution in [0.15, 0.2) is 65.8 Å². The number of nitrogens with one attached hydrogen (secondary N) is 1. The topological polar surface area (TPSA) is 87.7 Å². The van der Waals surface area contributed by atoms with Crippen molar-refractivity contribution in [2.75, 3.05) is 34.7 Å². The van der Waals surface area contributed by atoms with Gasteiger partial charge in [-0.25, -0.2) is 17.7 Å². The highest BCUT2D eigenvalue weighted by atomic mass is 35.5. The molecule has 0 amide bonds. The summed E-state index contributed by atoms with van der Waals surface area (Å²) in [6, 6.07) is 13.1. The molecule has 1 aliphatic rings. The lowest BCUT2D eigenvalue weighted by Crippen LogP contribution is -2.32. The summed E-state index contributed by atoms with van der Waals surface area (Å²) >= 11 is 7.22. The summed E-state index contributed by atoms with van der Waals surface area (Å²) in [5.41, 5.74) is 2.24. The summed E-state index contributed by atoms with van der Waals surface area (Å²) in [6.07, 6.45) is -3.22. The molecule has 0 atom stereocenters. The van der Waals surface area contributed by atoms with E-state index in [1.165, 1.54) is 28.8 Å². The Bertz CT molecular complexity index is 1650. The predicted octanol–water partition coefficient (Wildman–Crippen LogP) is 6.49. The Balaban J connectivity index is 1.50. The van der Waals surface area contributed by atoms with Gasteiger partial charge in [-0.15, -0.1) is 0 Å². The van der Waals surface area contributed by atoms with Gasteiger partial charge in [0.2, 0.25) is 5.13 Å². The number of methoxy groups -OCH3 is 1. The van der Waals surface area contributed by atoms with Crippen molar-refractivity contribution in [3.05, 3.63) is 82.6 Å². The normalized spacial score (nSPS) is 13.5. The first-order chi connectivity index (χ1) is 19.0. The summed E-state index contributed by atoms with van der Waals surface area (Å²) in [6.45, 7) is 2.72. The van der Waals surface area contributed by atoms with Crippen molar-refractivity contribution >= 4 is 55.4 Å². The van der Waals surface area contributed by atoms with Crippen LogP contribution in [0.2, 0.25) is 5.02 Å². The van der Waals surface area contributed by atoms with Crippen molar-refractivity contribution in [3.63, 3.8) is 0 Å². The highest BCUT2D eigenvalue weighted by Crippen LogP contribution is 2.42. The zero-order valence-electron chi connectivity index (χ0n) is 21.2. The van der Waals surface area contributed by atoms with Gasteiger partial charge in [0, 0.05) is 24.6 Å². The lowest BCUT2D eigenvalue weighted by Gasteiger charge is -2.33. The van der Waals surface area contributed by atoms with Crippen LogP contribution in [0.4, 0.5) is 35.4 Å². The molecule has 1 aromatic heterocycles. The molecule has 3 aromatic carbocycles. The molecule has 1 aliphatic heterocycles. The fraction of sp³-hybridized carbons (Fsp3) is 0.231. The van der Waals surface area contributed by atoms with Crippen molar-refractivity contribution in [1.82, 2.24) is 9.36 Å². The first-order valence-corrected chi connectivity index (χ1v) is 14.5. The average molecular weight is 610 g/mol. The van der Waals surface area contributed by atoms with E-state index in [0.717, 1.165) is 34.8 Å². The maximum Gasteiger partial charge on any atom is 0.416 e. The largest absolute Gasteiger partial charge is 0.497 e. The van der Waals surface area contributed by atoms with Crippen LogP contribution in [0.3, 0.4) is 0 Å². The lowest BCUT2D eigenvalue weighted by atomic mass is 10.1. The van der Waals surface area contributed by atoms with E-state index in [1.807, 2.05) is 13.0 Å². The molecule has 5 rings (SSSR count). The van der Waals surface area contributed by atoms with E-state index in [-0.39, 0.29) is 21.6 Å². The SMILES string of the molecule is COc1ccc(CN(c2ncns2)S(=O)(=O)c2ccc3c(c2)NCCN3c2ccc(C(F)(F)F)cc2Cl)c(C)c1. The van der Waals surface area contributed by atoms with Crippen LogP contribution in [-0.2, 0) is 22.7 Å². The van der Waals surface area contributed by atoms with Crippen molar-refractivity contribution in [2.45, 2.75) is 24.5 Å². The van der Waals surface area contributed by atoms with Gasteiger partial charge in [0.1, 0.15) is 12.1 Å². The summed E-state index contributed by atoms with van der Waals surface area (Å²) in [5.74, 6) is 0.657. The molecule has 0 fully saturated rings. The Morgan fingerprint density at radius 1 is 1.12 bits per heavy atom. The number of hydrogen-bond donors (Lipinski definition) is 1. The minimum atomic E-state index is -4.52. The number of halogens is 4. The maximum absolute atomic E-state index is 14.0. The van der Waals surface area contributed by atoms with Crippen LogP contribution in [0.5, 0.6) is 5.75 Å². The quantitative estimate of drug-likeness (QED) is 0.256. The zero-order valence-corrected chi connectivity index (χ0v) is 23.6. The molecule has 0 saturated heterocycles. The molecule has 210 valence electrons. The van der Waals surface area contributed by atoms with Crippen LogP contribution in [-0.4, -0.2) is 38.0 Å². The second-order valence-electron chi connectivity index (χ2n) is 8.95. The monoisotopic (exact) mass is 609 g/mol. The highest BCUT2D eigenvalue weighted by Gasteiger charge is 2.33. The standard InChI is InChI=1S/C26H23ClF3N5O3S2/c1-16-11-19(38-2)5-3-17(16)14-35(25-32-15-33-39-25)40(36,37)20-6-8-24-22(13-20)31-9-10-34(24)23-7-4-18(12-21(23)27)26(28,29)30/h3-8,11-13,15,31H,9-10,14H2,1-2H3. The molecule has 14 heteroatoms. The molecular weight excluding hydrogens is 587 g/mol. The Kier molecular flexibility index (Phi) is 7.55. The zero-order chi connectivity index (χ0) is 28.7. The molecule has 1 N–H and O–H groups in total. The molecule has 0 unspecified atom stereocenters. The number of hydrogen-bond acceptors (Lipinski definition) is 8. The number of rotatable bonds is 7. The van der Waals surface area contributed by atoms with Crippen molar-refractivity contribution in [3.8, 4) is 5.75 Å². The first kappa shape index (κ1) is 28.0. The van der Waals surface area contributed by atoms with Gasteiger partial charge in [0.15, 0.2) is 0 Å². The van der Waals surface area contributed by atoms with Crippen LogP contribution in [0.25, 0.3) is 0 Å². The molecule has 0 aliphatic carbocycles. The van der Waals surface area contributed by atoms with Gasteiger partial charge in [0.25, 0.3) is 10.0 Å². The van der Waals surface area contributed by atoms with Gasteiger partial charge in [-0.1, -0.05) is 17.7 Å². The van der Waals surface area contributed by atoms with E-state index in [1.54, 1.807) is 30.2 Å². The molecular formula is C26H23ClF3N5O3S2. The van der Waals surface area contributed by atoms with Crippen LogP contribution < -0.4 is 19.3 Å². The van der Waals surface area contributed by atoms with Gasteiger partial charge < -0.3 is 15.0 Å². The van der Waals surface area contributed by atoms with Gasteiger partial charge >= 0.3 is 6.18 Å². The van der Waals surface area contributed by atoms with E-state index in [4.69, 9.17) is 16.3 Å². The first-order valence-electron chi connectivity index (χ1n) is 11.9. The van der Waals surface area contributed by atoms with Crippen molar-refractivity contribution < 1.29 is 26.3 Å². The lowest BCUT2D eigenvalue weighted by molar-refractivity contribution is -0.137. The van der Waals surface area contributed by atoms with Crippen molar-refractivity contribution in [2.24, 2.45) is 0 Å². The number of ether oxygens (including phenoxy) is 1. The minimum Gasteiger partial charge on any atom is -0.497 e. The number of anilines is 4. The van der Waals surface area contributed by atoms with Crippen LogP contribution >= 0.6 is 23.1 Å². The molecule has 8 nitrogen and oxygen atoms in total. The summed E-state index contributed by atoms with van der Waals surface area (Å²) in [7, 11) is -2.54. The number of nitrogens with zero attached hydrogens (tertiary/aromatic N) is 4. The second-order valence-corrected chi connectivity index (χ2v) is 12.0. The highest BCUT2D eigenvalue weighted by molar-refractivity contribution is 7.93. The third-order valence-corrected chi connectivity index (χ3v) is 9.33. The van der Waals surface area contributed by atoms with Crippen molar-refractivity contribution in [1.29, 1.82) is 0 Å². The van der Waals surface area contributed by atoms with E-state index >= 15 is 0 Å². The number of fused-ring (bicyclic) bond motifs is 1. The van der Waals surface area contributed by atoms with E-state index in [9.17, 15) is 21.6 Å². The van der Waals surface area contributed by atoms with Gasteiger partial charge in [-0.2, -0.15) is 17.5 Å². The molecule has 0 bridgehead atoms. The number of alkyl halides is 3. The molecule has 4 aromatic rings. The summed E-state index contributed by atoms with van der Waals surface area (Å²) in [5, 5.41) is 3.34. The van der Waals surface area contributed by atoms with E-state index < -0.39 is 21.8 Å². The Hall–Kier alpha value is -3.55. The Labute approximate surface area is 238 Å². The maximum atomic E-state index is 14.0. The minimum absolute atomic E-state index is 0.0143. The van der Waals surface area contributed by atoms with E-state index in [2.05, 4.69) is 14.7 Å². The predicted molar refractivity (Wildman–Crippen MR) is 149 cm³/mol. The number of aromatic nitrogens is 2. The molecule has 2 heterocycles. The smallest absolute Gasteiger partial charge is 0.416 e. The number of sulfonamides is 1. The Morgan fingerprint density at radius 3 is 2.55 bits per heavy atom. The van der Waals surface area contributed by atoms with Crippen LogP contribution in [0.1, 0.15) is 16.7 Å². The van der Waals surface area contributed by atoms with Gasteiger partial charge in [0.05, 0.1) is 46.2 Å². The Morgan fingerprint density at radius 2 is 1.90 bits per heavy atom. The summed E-state index contributed by atoms with van der Waals surface area (Å²) < 4.78 is 77.8. The number of benzene rings is 3. The third kappa shape index (κ3) is 5.40. The molecule has 0 saturated carbocycles. The third-order valence-electron chi connectivity index (χ3n) is 6.49. The van der Waals surface area contributed by atoms with Crippen LogP contribution in [0, 0.1) is 6.92 Å². The molecule has 0 radical (unpaired) electrons. The number of aryl methyl sites for hydroxylation is 1. The molecule has 0 spiro atoms. The van der Waals surface area contributed by atoms with Gasteiger partial charge in [-0.05, 0) is 66.6 Å². The fourth-order valence-corrected chi connectivity index (χ4v) is 6.85. The second kappa shape index (κ2) is 10.8. The fourth-order valence-electron chi connectivity index (χ4n) is 4.42. The van der Waals surface area contributed by atoms with E-state index in [0.29, 0.717) is 35.9 Å². The average Bonchev–Trinajstić information content (AvgIpc) is 3.45. The molecule has 40 heavy (non-hydrogen) atoms.